The number of carbonyl (C=O) groups is 2. The molecular formula is C23H24N4O2. The van der Waals surface area contributed by atoms with Gasteiger partial charge in [-0.3, -0.25) is 9.59 Å². The molecule has 0 saturated heterocycles. The Bertz CT molecular complexity index is 1020. The smallest absolute Gasteiger partial charge is 0.275 e. The van der Waals surface area contributed by atoms with E-state index in [9.17, 15) is 9.59 Å². The summed E-state index contributed by atoms with van der Waals surface area (Å²) in [5.74, 6) is 0.0924. The quantitative estimate of drug-likeness (QED) is 0.603. The van der Waals surface area contributed by atoms with Crippen molar-refractivity contribution in [2.24, 2.45) is 0 Å². The molecule has 0 saturated carbocycles. The summed E-state index contributed by atoms with van der Waals surface area (Å²) in [6.45, 7) is 7.98. The predicted octanol–water partition coefficient (Wildman–Crippen LogP) is 4.97. The minimum atomic E-state index is -0.390. The second kappa shape index (κ2) is 8.22. The van der Waals surface area contributed by atoms with Gasteiger partial charge in [-0.25, -0.2) is 9.97 Å². The number of hydrogen-bond acceptors (Lipinski definition) is 5. The fourth-order valence-corrected chi connectivity index (χ4v) is 2.72. The Morgan fingerprint density at radius 1 is 0.897 bits per heavy atom. The zero-order valence-electron chi connectivity index (χ0n) is 17.0. The highest BCUT2D eigenvalue weighted by atomic mass is 16.2. The molecule has 148 valence electrons. The van der Waals surface area contributed by atoms with Crippen molar-refractivity contribution >= 4 is 28.9 Å². The molecule has 3 rings (SSSR count). The number of nitrogens with one attached hydrogen (secondary N) is 2. The van der Waals surface area contributed by atoms with Crippen LogP contribution in [0.15, 0.2) is 60.9 Å². The third-order valence-electron chi connectivity index (χ3n) is 4.43. The summed E-state index contributed by atoms with van der Waals surface area (Å²) in [5.41, 5.74) is 3.49. The number of benzene rings is 2. The normalized spacial score (nSPS) is 11.0. The Labute approximate surface area is 170 Å². The minimum Gasteiger partial charge on any atom is -0.339 e. The van der Waals surface area contributed by atoms with Gasteiger partial charge < -0.3 is 10.6 Å². The lowest BCUT2D eigenvalue weighted by molar-refractivity contribution is 0.100. The van der Waals surface area contributed by atoms with Crippen molar-refractivity contribution in [2.75, 3.05) is 10.6 Å². The van der Waals surface area contributed by atoms with Crippen LogP contribution in [0.2, 0.25) is 0 Å². The van der Waals surface area contributed by atoms with Crippen LogP contribution in [0.25, 0.3) is 0 Å². The first-order valence-corrected chi connectivity index (χ1v) is 9.34. The third-order valence-corrected chi connectivity index (χ3v) is 4.43. The van der Waals surface area contributed by atoms with Gasteiger partial charge >= 0.3 is 0 Å². The van der Waals surface area contributed by atoms with Gasteiger partial charge in [-0.2, -0.15) is 0 Å². The average molecular weight is 388 g/mol. The van der Waals surface area contributed by atoms with E-state index in [1.54, 1.807) is 24.3 Å². The number of aromatic nitrogens is 2. The number of anilines is 3. The summed E-state index contributed by atoms with van der Waals surface area (Å²) in [6, 6.07) is 14.9. The molecule has 1 heterocycles. The number of amides is 1. The topological polar surface area (TPSA) is 84.0 Å². The van der Waals surface area contributed by atoms with Crippen molar-refractivity contribution in [1.29, 1.82) is 0 Å². The highest BCUT2D eigenvalue weighted by Crippen LogP contribution is 2.24. The molecule has 1 aromatic heterocycles. The van der Waals surface area contributed by atoms with Gasteiger partial charge in [0.2, 0.25) is 0 Å². The zero-order chi connectivity index (χ0) is 21.0. The van der Waals surface area contributed by atoms with Crippen molar-refractivity contribution < 1.29 is 9.59 Å². The van der Waals surface area contributed by atoms with E-state index in [1.165, 1.54) is 24.9 Å². The lowest BCUT2D eigenvalue weighted by Crippen LogP contribution is -2.14. The van der Waals surface area contributed by atoms with Gasteiger partial charge in [0.05, 0.1) is 12.4 Å². The predicted molar refractivity (Wildman–Crippen MR) is 115 cm³/mol. The first kappa shape index (κ1) is 20.2. The molecule has 29 heavy (non-hydrogen) atoms. The molecule has 0 bridgehead atoms. The van der Waals surface area contributed by atoms with Crippen molar-refractivity contribution in [3.8, 4) is 0 Å². The van der Waals surface area contributed by atoms with Crippen LogP contribution in [-0.4, -0.2) is 21.7 Å². The Morgan fingerprint density at radius 2 is 1.62 bits per heavy atom. The molecule has 3 aromatic rings. The van der Waals surface area contributed by atoms with Gasteiger partial charge in [0.25, 0.3) is 5.91 Å². The second-order valence-corrected chi connectivity index (χ2v) is 7.83. The van der Waals surface area contributed by atoms with Crippen LogP contribution in [0.1, 0.15) is 54.1 Å². The van der Waals surface area contributed by atoms with E-state index in [1.807, 2.05) is 12.1 Å². The van der Waals surface area contributed by atoms with Gasteiger partial charge in [0.1, 0.15) is 11.5 Å². The van der Waals surface area contributed by atoms with Crippen LogP contribution in [0.5, 0.6) is 0 Å². The Hall–Kier alpha value is -3.54. The van der Waals surface area contributed by atoms with Crippen molar-refractivity contribution in [3.63, 3.8) is 0 Å². The highest BCUT2D eigenvalue weighted by molar-refractivity contribution is 6.03. The van der Waals surface area contributed by atoms with Crippen molar-refractivity contribution in [2.45, 2.75) is 33.1 Å². The SMILES string of the molecule is CC(=O)c1cccc(NC(=O)c2cnc(Nc3ccc(C(C)(C)C)cc3)cn2)c1. The van der Waals surface area contributed by atoms with E-state index < -0.39 is 0 Å². The van der Waals surface area contributed by atoms with E-state index in [-0.39, 0.29) is 22.8 Å². The highest BCUT2D eigenvalue weighted by Gasteiger charge is 2.13. The minimum absolute atomic E-state index is 0.0631. The summed E-state index contributed by atoms with van der Waals surface area (Å²) in [7, 11) is 0. The standard InChI is InChI=1S/C23H24N4O2/c1-15(28)16-6-5-7-19(12-16)27-22(29)20-13-25-21(14-24-20)26-18-10-8-17(9-11-18)23(2,3)4/h5-14H,1-4H3,(H,25,26)(H,27,29). The summed E-state index contributed by atoms with van der Waals surface area (Å²) < 4.78 is 0. The van der Waals surface area contributed by atoms with E-state index >= 15 is 0 Å². The summed E-state index contributed by atoms with van der Waals surface area (Å²) in [5, 5.41) is 5.90. The number of carbonyl (C=O) groups excluding carboxylic acids is 2. The molecule has 1 amide bonds. The Balaban J connectivity index is 1.66. The van der Waals surface area contributed by atoms with Gasteiger partial charge in [-0.05, 0) is 42.2 Å². The average Bonchev–Trinajstić information content (AvgIpc) is 2.68. The number of Topliss-reactive ketones (excluding diaryl/α,β-unsaturated/α-hetero) is 1. The maximum absolute atomic E-state index is 12.4. The summed E-state index contributed by atoms with van der Waals surface area (Å²) in [4.78, 5) is 32.3. The van der Waals surface area contributed by atoms with Crippen LogP contribution in [0.4, 0.5) is 17.2 Å². The first-order valence-electron chi connectivity index (χ1n) is 9.34. The number of nitrogens with zero attached hydrogens (tertiary/aromatic N) is 2. The molecule has 0 aliphatic carbocycles. The first-order chi connectivity index (χ1) is 13.7. The number of ketones is 1. The van der Waals surface area contributed by atoms with Crippen molar-refractivity contribution in [3.05, 3.63) is 77.7 Å². The van der Waals surface area contributed by atoms with Crippen molar-refractivity contribution in [1.82, 2.24) is 9.97 Å². The molecular weight excluding hydrogens is 364 g/mol. The molecule has 0 radical (unpaired) electrons. The van der Waals surface area contributed by atoms with E-state index in [0.29, 0.717) is 17.1 Å². The van der Waals surface area contributed by atoms with E-state index in [2.05, 4.69) is 53.5 Å². The third kappa shape index (κ3) is 5.25. The maximum Gasteiger partial charge on any atom is 0.275 e. The molecule has 0 fully saturated rings. The fourth-order valence-electron chi connectivity index (χ4n) is 2.72. The van der Waals surface area contributed by atoms with Crippen LogP contribution in [0.3, 0.4) is 0 Å². The number of hydrogen-bond donors (Lipinski definition) is 2. The molecule has 0 aliphatic heterocycles. The number of rotatable bonds is 5. The summed E-state index contributed by atoms with van der Waals surface area (Å²) >= 11 is 0. The Morgan fingerprint density at radius 3 is 2.21 bits per heavy atom. The lowest BCUT2D eigenvalue weighted by Gasteiger charge is -2.19. The van der Waals surface area contributed by atoms with Gasteiger partial charge in [0.15, 0.2) is 5.78 Å². The van der Waals surface area contributed by atoms with Gasteiger partial charge in [-0.1, -0.05) is 45.0 Å². The lowest BCUT2D eigenvalue weighted by atomic mass is 9.87. The largest absolute Gasteiger partial charge is 0.339 e. The monoisotopic (exact) mass is 388 g/mol. The fraction of sp³-hybridized carbons (Fsp3) is 0.217. The molecule has 2 aromatic carbocycles. The molecule has 0 spiro atoms. The molecule has 6 heteroatoms. The van der Waals surface area contributed by atoms with Crippen LogP contribution >= 0.6 is 0 Å². The molecule has 2 N–H and O–H groups in total. The zero-order valence-corrected chi connectivity index (χ0v) is 17.0. The van der Waals surface area contributed by atoms with Crippen LogP contribution in [0, 0.1) is 0 Å². The maximum atomic E-state index is 12.4. The molecule has 0 aliphatic rings. The van der Waals surface area contributed by atoms with E-state index in [0.717, 1.165) is 5.69 Å². The second-order valence-electron chi connectivity index (χ2n) is 7.83. The van der Waals surface area contributed by atoms with E-state index in [4.69, 9.17) is 0 Å². The Kier molecular flexibility index (Phi) is 5.73. The van der Waals surface area contributed by atoms with Gasteiger partial charge in [-0.15, -0.1) is 0 Å². The van der Waals surface area contributed by atoms with Crippen LogP contribution < -0.4 is 10.6 Å². The summed E-state index contributed by atoms with van der Waals surface area (Å²) in [6.07, 6.45) is 2.93. The molecule has 0 unspecified atom stereocenters. The van der Waals surface area contributed by atoms with Gasteiger partial charge in [0, 0.05) is 16.9 Å². The molecule has 0 atom stereocenters. The van der Waals surface area contributed by atoms with Crippen LogP contribution in [-0.2, 0) is 5.41 Å². The molecule has 6 nitrogen and oxygen atoms in total.